The van der Waals surface area contributed by atoms with Gasteiger partial charge in [-0.3, -0.25) is 27.6 Å². The van der Waals surface area contributed by atoms with Crippen molar-refractivity contribution in [1.29, 1.82) is 0 Å². The fourth-order valence-corrected chi connectivity index (χ4v) is 5.81. The molecule has 0 aromatic heterocycles. The van der Waals surface area contributed by atoms with Gasteiger partial charge >= 0.3 is 58.0 Å². The summed E-state index contributed by atoms with van der Waals surface area (Å²) >= 11 is 0. The van der Waals surface area contributed by atoms with Crippen LogP contribution in [0.3, 0.4) is 0 Å². The zero-order valence-corrected chi connectivity index (χ0v) is 27.2. The highest BCUT2D eigenvalue weighted by molar-refractivity contribution is 7.82. The molecule has 268 valence electrons. The van der Waals surface area contributed by atoms with E-state index in [4.69, 9.17) is 27.5 Å². The fourth-order valence-electron chi connectivity index (χ4n) is 4.02. The lowest BCUT2D eigenvalue weighted by Crippen LogP contribution is -2.49. The molecule has 1 atom stereocenters. The number of benzene rings is 2. The van der Waals surface area contributed by atoms with Gasteiger partial charge in [0.2, 0.25) is 5.75 Å². The number of esters is 1. The van der Waals surface area contributed by atoms with Crippen LogP contribution in [0.1, 0.15) is 28.4 Å². The number of hydrogen-bond donors (Lipinski definition) is 5. The maximum absolute atomic E-state index is 13.8. The Morgan fingerprint density at radius 2 is 1.04 bits per heavy atom. The number of amides is 1. The molecule has 0 aliphatic carbocycles. The minimum atomic E-state index is -5.68. The molecule has 29 heteroatoms. The van der Waals surface area contributed by atoms with Crippen LogP contribution >= 0.6 is 0 Å². The molecule has 0 unspecified atom stereocenters. The second kappa shape index (κ2) is 13.4. The summed E-state index contributed by atoms with van der Waals surface area (Å²) in [6, 6.07) is 0.272. The number of rotatable bonds is 13. The first-order chi connectivity index (χ1) is 21.6. The zero-order chi connectivity index (χ0) is 36.6. The van der Waals surface area contributed by atoms with E-state index in [9.17, 15) is 51.7 Å². The topological polar surface area (TPSA) is 365 Å². The van der Waals surface area contributed by atoms with Gasteiger partial charge in [-0.15, -0.1) is 0 Å². The summed E-state index contributed by atoms with van der Waals surface area (Å²) in [5, 5.41) is 0. The number of carbonyl (C=O) groups excluding carboxylic acids is 2. The van der Waals surface area contributed by atoms with Crippen LogP contribution in [0.4, 0.5) is 0 Å². The summed E-state index contributed by atoms with van der Waals surface area (Å²) in [6.07, 6.45) is -0.624. The third-order valence-corrected chi connectivity index (χ3v) is 7.39. The molecule has 48 heavy (non-hydrogen) atoms. The average molecular weight is 790 g/mol. The monoisotopic (exact) mass is 789 g/mol. The highest BCUT2D eigenvalue weighted by Gasteiger charge is 2.39. The van der Waals surface area contributed by atoms with Crippen LogP contribution in [-0.4, -0.2) is 94.3 Å². The van der Waals surface area contributed by atoms with Gasteiger partial charge < -0.3 is 30.6 Å². The van der Waals surface area contributed by atoms with Crippen LogP contribution in [0.2, 0.25) is 0 Å². The molecule has 0 saturated carbocycles. The molecule has 1 aliphatic heterocycles. The first-order valence-electron chi connectivity index (χ1n) is 11.8. The van der Waals surface area contributed by atoms with Gasteiger partial charge in [-0.1, -0.05) is 0 Å². The van der Waals surface area contributed by atoms with E-state index in [-0.39, 0.29) is 29.9 Å². The summed E-state index contributed by atoms with van der Waals surface area (Å²) < 4.78 is 185. The van der Waals surface area contributed by atoms with E-state index in [1.165, 1.54) is 6.92 Å². The Morgan fingerprint density at radius 3 is 1.44 bits per heavy atom. The van der Waals surface area contributed by atoms with Crippen molar-refractivity contribution in [2.24, 2.45) is 0 Å². The van der Waals surface area contributed by atoms with Crippen molar-refractivity contribution in [2.75, 3.05) is 6.61 Å². The van der Waals surface area contributed by atoms with E-state index in [1.807, 2.05) is 0 Å². The molecule has 1 amide bonds. The number of carbonyl (C=O) groups is 2. The first kappa shape index (κ1) is 38.4. The molecule has 0 saturated heterocycles. The molecule has 0 spiro atoms. The molecule has 2 aromatic carbocycles. The average Bonchev–Trinajstić information content (AvgIpc) is 2.85. The van der Waals surface area contributed by atoms with E-state index in [0.717, 1.165) is 6.07 Å². The van der Waals surface area contributed by atoms with Crippen LogP contribution in [0, 0.1) is 0 Å². The molecule has 0 fully saturated rings. The predicted octanol–water partition coefficient (Wildman–Crippen LogP) is -1.28. The normalized spacial score (nSPS) is 15.5. The van der Waals surface area contributed by atoms with Crippen molar-refractivity contribution in [3.05, 3.63) is 41.0 Å². The third kappa shape index (κ3) is 11.0. The Kier molecular flexibility index (Phi) is 10.7. The minimum absolute atomic E-state index is 0.0823. The predicted molar refractivity (Wildman–Crippen MR) is 148 cm³/mol. The summed E-state index contributed by atoms with van der Waals surface area (Å²) in [7, 11) is -27.8. The zero-order valence-electron chi connectivity index (χ0n) is 23.1. The first-order valence-corrected chi connectivity index (χ1v) is 18.6. The largest absolute Gasteiger partial charge is 0.464 e. The van der Waals surface area contributed by atoms with Gasteiger partial charge in [0.05, 0.1) is 6.61 Å². The molecule has 0 radical (unpaired) electrons. The standard InChI is InChI=1S/C19H19NO23S5/c1-2-38-19(22)12-3-9-4-13(39-44(23,24)25)14(40-45(26,27)28)7-11(9)8-20(12)18(21)10-5-15(41-46(29,30)31)17(43-48(35,36)37)16(6-10)42-47(32,33)34/h4-7,12H,2-3,8H2,1H3,(H,23,24,25)(H,26,27,28)(H,29,30,31)(H,32,33,34)(H,35,36,37)/t12-/m0/s1. The number of fused-ring (bicyclic) bond motifs is 1. The van der Waals surface area contributed by atoms with E-state index >= 15 is 0 Å². The number of nitrogens with zero attached hydrogens (tertiary/aromatic N) is 1. The molecular weight excluding hydrogens is 771 g/mol. The van der Waals surface area contributed by atoms with Gasteiger partial charge in [0.1, 0.15) is 6.04 Å². The smallest absolute Gasteiger partial charge is 0.446 e. The summed E-state index contributed by atoms with van der Waals surface area (Å²) in [5.74, 6) is -9.47. The Morgan fingerprint density at radius 1 is 0.646 bits per heavy atom. The van der Waals surface area contributed by atoms with E-state index in [0.29, 0.717) is 11.0 Å². The summed E-state index contributed by atoms with van der Waals surface area (Å²) in [5.41, 5.74) is -1.24. The van der Waals surface area contributed by atoms with Crippen molar-refractivity contribution >= 4 is 63.9 Å². The molecule has 2 aromatic rings. The van der Waals surface area contributed by atoms with E-state index in [2.05, 4.69) is 20.9 Å². The molecular formula is C19H19NO23S5. The minimum Gasteiger partial charge on any atom is -0.464 e. The lowest BCUT2D eigenvalue weighted by Gasteiger charge is -2.36. The van der Waals surface area contributed by atoms with Crippen molar-refractivity contribution in [3.63, 3.8) is 0 Å². The second-order valence-electron chi connectivity index (χ2n) is 8.83. The fraction of sp³-hybridized carbons (Fsp3) is 0.263. The van der Waals surface area contributed by atoms with Gasteiger partial charge in [0.25, 0.3) is 5.91 Å². The third-order valence-electron chi connectivity index (χ3n) is 5.45. The van der Waals surface area contributed by atoms with Crippen molar-refractivity contribution in [3.8, 4) is 28.7 Å². The Hall–Kier alpha value is -4.07. The van der Waals surface area contributed by atoms with Crippen LogP contribution in [0.5, 0.6) is 28.7 Å². The van der Waals surface area contributed by atoms with Crippen LogP contribution < -0.4 is 20.9 Å². The van der Waals surface area contributed by atoms with Gasteiger partial charge in [-0.25, -0.2) is 4.79 Å². The lowest BCUT2D eigenvalue weighted by atomic mass is 9.92. The molecule has 24 nitrogen and oxygen atoms in total. The summed E-state index contributed by atoms with van der Waals surface area (Å²) in [6.45, 7) is 0.254. The molecule has 0 bridgehead atoms. The van der Waals surface area contributed by atoms with Gasteiger partial charge in [0.15, 0.2) is 23.0 Å². The quantitative estimate of drug-likeness (QED) is 0.117. The Balaban J connectivity index is 2.29. The molecule has 1 aliphatic rings. The molecule has 5 N–H and O–H groups in total. The van der Waals surface area contributed by atoms with Crippen LogP contribution in [-0.2, 0) is 74.5 Å². The SMILES string of the molecule is CCOC(=O)[C@@H]1Cc2cc(OS(=O)(=O)O)c(OS(=O)(=O)O)cc2CN1C(=O)c1cc(OS(=O)(=O)O)c(OS(=O)(=O)O)c(OS(=O)(=O)O)c1. The number of hydrogen-bond acceptors (Lipinski definition) is 18. The maximum atomic E-state index is 13.8. The highest BCUT2D eigenvalue weighted by Crippen LogP contribution is 2.42. The van der Waals surface area contributed by atoms with Crippen molar-refractivity contribution in [1.82, 2.24) is 4.90 Å². The number of ether oxygens (including phenoxy) is 1. The van der Waals surface area contributed by atoms with Crippen LogP contribution in [0.15, 0.2) is 24.3 Å². The second-order valence-corrected chi connectivity index (χ2v) is 13.9. The Bertz CT molecular complexity index is 2140. The van der Waals surface area contributed by atoms with Crippen molar-refractivity contribution in [2.45, 2.75) is 25.9 Å². The molecule has 1 heterocycles. The van der Waals surface area contributed by atoms with E-state index in [1.54, 1.807) is 0 Å². The Labute approximate surface area is 270 Å². The van der Waals surface area contributed by atoms with Gasteiger partial charge in [0, 0.05) is 18.5 Å². The van der Waals surface area contributed by atoms with Gasteiger partial charge in [-0.2, -0.15) is 42.1 Å². The molecule has 3 rings (SSSR count). The lowest BCUT2D eigenvalue weighted by molar-refractivity contribution is -0.149. The van der Waals surface area contributed by atoms with E-state index < -0.39 is 117 Å². The van der Waals surface area contributed by atoms with Gasteiger partial charge in [-0.05, 0) is 42.3 Å². The highest BCUT2D eigenvalue weighted by atomic mass is 32.3. The maximum Gasteiger partial charge on any atom is 0.446 e. The summed E-state index contributed by atoms with van der Waals surface area (Å²) in [4.78, 5) is 27.3. The van der Waals surface area contributed by atoms with Crippen LogP contribution in [0.25, 0.3) is 0 Å². The van der Waals surface area contributed by atoms with Crippen molar-refractivity contribution < 1.29 is 100 Å².